The molecule has 4 nitrogen and oxygen atoms in total. The quantitative estimate of drug-likeness (QED) is 0.763. The summed E-state index contributed by atoms with van der Waals surface area (Å²) in [4.78, 5) is 3.89. The van der Waals surface area contributed by atoms with E-state index in [1.807, 2.05) is 0 Å². The van der Waals surface area contributed by atoms with E-state index >= 15 is 0 Å². The second-order valence-electron chi connectivity index (χ2n) is 3.45. The molecule has 0 bridgehead atoms. The van der Waals surface area contributed by atoms with Crippen LogP contribution in [0, 0.1) is 0 Å². The first kappa shape index (κ1) is 9.38. The predicted octanol–water partition coefficient (Wildman–Crippen LogP) is 1.68. The third-order valence-electron chi connectivity index (χ3n) is 1.12. The molecular weight excluding hydrogens is 174 g/mol. The average molecular weight is 187 g/mol. The molecule has 0 saturated carbocycles. The topological polar surface area (TPSA) is 64.9 Å². The van der Waals surface area contributed by atoms with Crippen LogP contribution in [0.3, 0.4) is 0 Å². The van der Waals surface area contributed by atoms with Gasteiger partial charge in [-0.2, -0.15) is 4.98 Å². The lowest BCUT2D eigenvalue weighted by Crippen LogP contribution is -2.07. The van der Waals surface area contributed by atoms with Crippen LogP contribution in [0.25, 0.3) is 0 Å². The zero-order valence-electron chi connectivity index (χ0n) is 7.50. The molecule has 0 aliphatic heterocycles. The number of nitrogens with zero attached hydrogens (tertiary/aromatic N) is 2. The van der Waals surface area contributed by atoms with Crippen molar-refractivity contribution in [3.63, 3.8) is 0 Å². The van der Waals surface area contributed by atoms with Crippen LogP contribution in [-0.4, -0.2) is 14.9 Å². The Labute approximate surface area is 75.9 Å². The standard InChI is InChI=1S/C7H13N3OS/c1-7(2,3)12-4-5-9-6(8)11-10-5/h4H2,1-3H3,(H2,8,9,10). The van der Waals surface area contributed by atoms with Crippen LogP contribution < -0.4 is 5.73 Å². The van der Waals surface area contributed by atoms with Gasteiger partial charge in [0.1, 0.15) is 0 Å². The summed E-state index contributed by atoms with van der Waals surface area (Å²) >= 11 is 1.76. The van der Waals surface area contributed by atoms with Crippen LogP contribution in [0.1, 0.15) is 26.6 Å². The third kappa shape index (κ3) is 3.13. The van der Waals surface area contributed by atoms with Crippen LogP contribution >= 0.6 is 11.8 Å². The van der Waals surface area contributed by atoms with Gasteiger partial charge in [-0.15, -0.1) is 11.8 Å². The Balaban J connectivity index is 2.44. The number of rotatable bonds is 2. The van der Waals surface area contributed by atoms with Gasteiger partial charge in [0.2, 0.25) is 0 Å². The van der Waals surface area contributed by atoms with Crippen molar-refractivity contribution in [1.29, 1.82) is 0 Å². The van der Waals surface area contributed by atoms with Crippen LogP contribution in [0.4, 0.5) is 6.01 Å². The van der Waals surface area contributed by atoms with E-state index in [-0.39, 0.29) is 10.8 Å². The molecule has 0 radical (unpaired) electrons. The Morgan fingerprint density at radius 3 is 2.58 bits per heavy atom. The molecule has 68 valence electrons. The van der Waals surface area contributed by atoms with E-state index in [0.29, 0.717) is 5.82 Å². The van der Waals surface area contributed by atoms with Gasteiger partial charge in [0.05, 0.1) is 5.75 Å². The lowest BCUT2D eigenvalue weighted by Gasteiger charge is -2.15. The maximum Gasteiger partial charge on any atom is 0.318 e. The van der Waals surface area contributed by atoms with Crippen molar-refractivity contribution in [3.05, 3.63) is 5.82 Å². The summed E-state index contributed by atoms with van der Waals surface area (Å²) in [5, 5.41) is 3.69. The zero-order chi connectivity index (χ0) is 9.19. The molecule has 1 rings (SSSR count). The number of hydrogen-bond donors (Lipinski definition) is 1. The number of thioether (sulfide) groups is 1. The number of anilines is 1. The van der Waals surface area contributed by atoms with Gasteiger partial charge in [0.25, 0.3) is 0 Å². The molecule has 0 fully saturated rings. The first-order valence-corrected chi connectivity index (χ1v) is 4.68. The fraction of sp³-hybridized carbons (Fsp3) is 0.714. The Hall–Kier alpha value is -0.710. The number of aromatic nitrogens is 2. The van der Waals surface area contributed by atoms with E-state index in [1.165, 1.54) is 0 Å². The molecular formula is C7H13N3OS. The van der Waals surface area contributed by atoms with E-state index in [1.54, 1.807) is 11.8 Å². The molecule has 1 aromatic heterocycles. The van der Waals surface area contributed by atoms with Crippen molar-refractivity contribution in [2.75, 3.05) is 5.73 Å². The molecule has 1 aromatic rings. The van der Waals surface area contributed by atoms with Gasteiger partial charge in [-0.1, -0.05) is 25.9 Å². The van der Waals surface area contributed by atoms with E-state index < -0.39 is 0 Å². The Morgan fingerprint density at radius 2 is 2.17 bits per heavy atom. The molecule has 0 aliphatic carbocycles. The van der Waals surface area contributed by atoms with E-state index in [0.717, 1.165) is 5.75 Å². The van der Waals surface area contributed by atoms with Gasteiger partial charge in [-0.3, -0.25) is 0 Å². The van der Waals surface area contributed by atoms with Gasteiger partial charge in [-0.25, -0.2) is 0 Å². The lowest BCUT2D eigenvalue weighted by molar-refractivity contribution is 0.429. The summed E-state index contributed by atoms with van der Waals surface area (Å²) in [6.45, 7) is 6.42. The van der Waals surface area contributed by atoms with E-state index in [2.05, 4.69) is 35.4 Å². The minimum atomic E-state index is 0.138. The SMILES string of the molecule is CC(C)(C)SCc1noc(N)n1. The minimum absolute atomic E-state index is 0.138. The fourth-order valence-corrected chi connectivity index (χ4v) is 1.29. The van der Waals surface area contributed by atoms with Gasteiger partial charge in [-0.05, 0) is 0 Å². The maximum atomic E-state index is 5.27. The first-order valence-electron chi connectivity index (χ1n) is 3.69. The summed E-state index contributed by atoms with van der Waals surface area (Å²) in [5.41, 5.74) is 5.27. The Morgan fingerprint density at radius 1 is 1.50 bits per heavy atom. The molecule has 0 aliphatic rings. The number of nitrogens with two attached hydrogens (primary N) is 1. The van der Waals surface area contributed by atoms with Crippen molar-refractivity contribution in [1.82, 2.24) is 10.1 Å². The molecule has 1 heterocycles. The van der Waals surface area contributed by atoms with Gasteiger partial charge in [0, 0.05) is 4.75 Å². The highest BCUT2D eigenvalue weighted by atomic mass is 32.2. The lowest BCUT2D eigenvalue weighted by atomic mass is 10.3. The second-order valence-corrected chi connectivity index (χ2v) is 5.25. The fourth-order valence-electron chi connectivity index (χ4n) is 0.607. The molecule has 0 aromatic carbocycles. The number of hydrogen-bond acceptors (Lipinski definition) is 5. The molecule has 5 heteroatoms. The highest BCUT2D eigenvalue weighted by molar-refractivity contribution is 7.99. The normalized spacial score (nSPS) is 11.9. The van der Waals surface area contributed by atoms with Crippen molar-refractivity contribution >= 4 is 17.8 Å². The minimum Gasteiger partial charge on any atom is -0.351 e. The molecule has 0 atom stereocenters. The van der Waals surface area contributed by atoms with Crippen LogP contribution in [0.2, 0.25) is 0 Å². The monoisotopic (exact) mass is 187 g/mol. The van der Waals surface area contributed by atoms with Crippen molar-refractivity contribution in [3.8, 4) is 0 Å². The van der Waals surface area contributed by atoms with Crippen molar-refractivity contribution in [2.45, 2.75) is 31.3 Å². The van der Waals surface area contributed by atoms with Crippen LogP contribution in [-0.2, 0) is 5.75 Å². The predicted molar refractivity (Wildman–Crippen MR) is 49.8 cm³/mol. The van der Waals surface area contributed by atoms with Crippen molar-refractivity contribution in [2.24, 2.45) is 0 Å². The Kier molecular flexibility index (Phi) is 2.62. The summed E-state index contributed by atoms with van der Waals surface area (Å²) in [5.74, 6) is 1.40. The smallest absolute Gasteiger partial charge is 0.318 e. The summed E-state index contributed by atoms with van der Waals surface area (Å²) < 4.78 is 4.85. The van der Waals surface area contributed by atoms with Gasteiger partial charge >= 0.3 is 6.01 Å². The highest BCUT2D eigenvalue weighted by Gasteiger charge is 2.12. The second kappa shape index (κ2) is 3.35. The first-order chi connectivity index (χ1) is 5.47. The van der Waals surface area contributed by atoms with E-state index in [4.69, 9.17) is 5.73 Å². The maximum absolute atomic E-state index is 5.27. The molecule has 0 spiro atoms. The Bertz CT molecular complexity index is 253. The largest absolute Gasteiger partial charge is 0.351 e. The highest BCUT2D eigenvalue weighted by Crippen LogP contribution is 2.25. The van der Waals surface area contributed by atoms with E-state index in [9.17, 15) is 0 Å². The van der Waals surface area contributed by atoms with Crippen molar-refractivity contribution < 1.29 is 4.52 Å². The number of nitrogen functional groups attached to an aromatic ring is 1. The van der Waals surface area contributed by atoms with Gasteiger partial charge < -0.3 is 10.3 Å². The average Bonchev–Trinajstić information content (AvgIpc) is 2.30. The van der Waals surface area contributed by atoms with Crippen LogP contribution in [0.15, 0.2) is 4.52 Å². The third-order valence-corrected chi connectivity index (χ3v) is 2.39. The van der Waals surface area contributed by atoms with Gasteiger partial charge in [0.15, 0.2) is 5.82 Å². The zero-order valence-corrected chi connectivity index (χ0v) is 8.31. The van der Waals surface area contributed by atoms with Crippen LogP contribution in [0.5, 0.6) is 0 Å². The molecule has 0 saturated heterocycles. The molecule has 0 amide bonds. The summed E-state index contributed by atoms with van der Waals surface area (Å²) in [6.07, 6.45) is 0. The summed E-state index contributed by atoms with van der Waals surface area (Å²) in [7, 11) is 0. The molecule has 2 N–H and O–H groups in total. The summed E-state index contributed by atoms with van der Waals surface area (Å²) in [6, 6.07) is 0.138. The molecule has 12 heavy (non-hydrogen) atoms. The molecule has 0 unspecified atom stereocenters.